The Kier molecular flexibility index (Phi) is 5.10. The van der Waals surface area contributed by atoms with Crippen LogP contribution in [0.1, 0.15) is 29.8 Å². The minimum atomic E-state index is -0.0411. The summed E-state index contributed by atoms with van der Waals surface area (Å²) in [4.78, 5) is 12.2. The summed E-state index contributed by atoms with van der Waals surface area (Å²) < 4.78 is 0. The van der Waals surface area contributed by atoms with Crippen molar-refractivity contribution in [1.29, 1.82) is 0 Å². The zero-order valence-corrected chi connectivity index (χ0v) is 11.0. The highest BCUT2D eigenvalue weighted by atomic mass is 32.1. The van der Waals surface area contributed by atoms with Crippen molar-refractivity contribution in [3.63, 3.8) is 0 Å². The van der Waals surface area contributed by atoms with E-state index in [0.29, 0.717) is 29.4 Å². The highest BCUT2D eigenvalue weighted by molar-refractivity contribution is 7.80. The van der Waals surface area contributed by atoms with Gasteiger partial charge in [-0.05, 0) is 23.6 Å². The van der Waals surface area contributed by atoms with Gasteiger partial charge in [-0.25, -0.2) is 0 Å². The van der Waals surface area contributed by atoms with Gasteiger partial charge in [-0.1, -0.05) is 38.2 Å². The predicted octanol–water partition coefficient (Wildman–Crippen LogP) is 1.90. The first kappa shape index (κ1) is 13.6. The summed E-state index contributed by atoms with van der Waals surface area (Å²) >= 11 is 4.83. The van der Waals surface area contributed by atoms with E-state index in [1.54, 1.807) is 12.1 Å². The number of thiocarbonyl (C=S) groups is 1. The number of rotatable bonds is 5. The van der Waals surface area contributed by atoms with Gasteiger partial charge in [0.25, 0.3) is 5.91 Å². The Balaban J connectivity index is 2.60. The third kappa shape index (κ3) is 4.95. The maximum absolute atomic E-state index is 11.7. The van der Waals surface area contributed by atoms with Crippen molar-refractivity contribution in [2.45, 2.75) is 20.3 Å². The molecule has 0 spiro atoms. The molecule has 1 aromatic rings. The predicted molar refractivity (Wildman–Crippen MR) is 74.1 cm³/mol. The SMILES string of the molecule is CC(C)CNC(=O)c1ccc(CC(N)=S)cc1. The van der Waals surface area contributed by atoms with Gasteiger partial charge in [0.15, 0.2) is 0 Å². The molecule has 0 radical (unpaired) electrons. The largest absolute Gasteiger partial charge is 0.393 e. The number of amides is 1. The minimum absolute atomic E-state index is 0.0411. The van der Waals surface area contributed by atoms with Crippen molar-refractivity contribution in [2.24, 2.45) is 11.7 Å². The van der Waals surface area contributed by atoms with Crippen LogP contribution in [-0.4, -0.2) is 17.4 Å². The second kappa shape index (κ2) is 6.35. The summed E-state index contributed by atoms with van der Waals surface area (Å²) in [6.45, 7) is 4.81. The second-order valence-electron chi connectivity index (χ2n) is 4.44. The monoisotopic (exact) mass is 250 g/mol. The summed E-state index contributed by atoms with van der Waals surface area (Å²) in [5.74, 6) is 0.411. The van der Waals surface area contributed by atoms with Crippen molar-refractivity contribution in [1.82, 2.24) is 5.32 Å². The van der Waals surface area contributed by atoms with E-state index in [-0.39, 0.29) is 5.91 Å². The van der Waals surface area contributed by atoms with Crippen molar-refractivity contribution in [2.75, 3.05) is 6.54 Å². The number of hydrogen-bond donors (Lipinski definition) is 2. The minimum Gasteiger partial charge on any atom is -0.393 e. The molecule has 0 aliphatic rings. The normalized spacial score (nSPS) is 10.3. The van der Waals surface area contributed by atoms with Gasteiger partial charge in [0.05, 0.1) is 4.99 Å². The van der Waals surface area contributed by atoms with E-state index in [1.807, 2.05) is 12.1 Å². The van der Waals surface area contributed by atoms with Gasteiger partial charge >= 0.3 is 0 Å². The first-order valence-electron chi connectivity index (χ1n) is 5.64. The second-order valence-corrected chi connectivity index (χ2v) is 4.97. The van der Waals surface area contributed by atoms with Crippen LogP contribution in [0, 0.1) is 5.92 Å². The Morgan fingerprint density at radius 1 is 1.35 bits per heavy atom. The van der Waals surface area contributed by atoms with Crippen LogP contribution in [0.4, 0.5) is 0 Å². The van der Waals surface area contributed by atoms with E-state index >= 15 is 0 Å². The Morgan fingerprint density at radius 2 is 1.94 bits per heavy atom. The summed E-state index contributed by atoms with van der Waals surface area (Å²) in [5, 5.41) is 2.87. The summed E-state index contributed by atoms with van der Waals surface area (Å²) in [7, 11) is 0. The van der Waals surface area contributed by atoms with Gasteiger partial charge in [0.2, 0.25) is 0 Å². The molecule has 0 unspecified atom stereocenters. The molecule has 0 saturated heterocycles. The quantitative estimate of drug-likeness (QED) is 0.785. The molecule has 3 nitrogen and oxygen atoms in total. The lowest BCUT2D eigenvalue weighted by atomic mass is 10.1. The van der Waals surface area contributed by atoms with E-state index in [2.05, 4.69) is 19.2 Å². The molecule has 0 fully saturated rings. The van der Waals surface area contributed by atoms with Crippen LogP contribution in [0.2, 0.25) is 0 Å². The van der Waals surface area contributed by atoms with E-state index in [0.717, 1.165) is 5.56 Å². The van der Waals surface area contributed by atoms with Gasteiger partial charge in [0.1, 0.15) is 0 Å². The zero-order valence-electron chi connectivity index (χ0n) is 10.2. The summed E-state index contributed by atoms with van der Waals surface area (Å²) in [6, 6.07) is 7.35. The first-order valence-corrected chi connectivity index (χ1v) is 6.05. The van der Waals surface area contributed by atoms with Gasteiger partial charge < -0.3 is 11.1 Å². The molecule has 92 valence electrons. The Hall–Kier alpha value is -1.42. The van der Waals surface area contributed by atoms with E-state index in [9.17, 15) is 4.79 Å². The van der Waals surface area contributed by atoms with Crippen molar-refractivity contribution in [3.05, 3.63) is 35.4 Å². The Morgan fingerprint density at radius 3 is 2.41 bits per heavy atom. The van der Waals surface area contributed by atoms with Crippen LogP contribution >= 0.6 is 12.2 Å². The van der Waals surface area contributed by atoms with Crippen LogP contribution in [0.5, 0.6) is 0 Å². The molecule has 17 heavy (non-hydrogen) atoms. The maximum atomic E-state index is 11.7. The molecule has 0 aliphatic carbocycles. The van der Waals surface area contributed by atoms with Crippen LogP contribution in [0.15, 0.2) is 24.3 Å². The van der Waals surface area contributed by atoms with Crippen molar-refractivity contribution >= 4 is 23.1 Å². The maximum Gasteiger partial charge on any atom is 0.251 e. The molecule has 0 bridgehead atoms. The van der Waals surface area contributed by atoms with Gasteiger partial charge in [-0.15, -0.1) is 0 Å². The third-order valence-corrected chi connectivity index (χ3v) is 2.41. The Labute approximate surface area is 107 Å². The highest BCUT2D eigenvalue weighted by Crippen LogP contribution is 2.05. The Bertz CT molecular complexity index is 398. The highest BCUT2D eigenvalue weighted by Gasteiger charge is 2.05. The number of carbonyl (C=O) groups excluding carboxylic acids is 1. The fourth-order valence-corrected chi connectivity index (χ4v) is 1.54. The van der Waals surface area contributed by atoms with Crippen LogP contribution in [0.3, 0.4) is 0 Å². The van der Waals surface area contributed by atoms with Gasteiger partial charge in [0, 0.05) is 18.5 Å². The third-order valence-electron chi connectivity index (χ3n) is 2.27. The van der Waals surface area contributed by atoms with Crippen molar-refractivity contribution in [3.8, 4) is 0 Å². The molecule has 0 heterocycles. The van der Waals surface area contributed by atoms with Gasteiger partial charge in [-0.2, -0.15) is 0 Å². The number of nitrogens with two attached hydrogens (primary N) is 1. The zero-order chi connectivity index (χ0) is 12.8. The molecular formula is C13H18N2OS. The van der Waals surface area contributed by atoms with Crippen LogP contribution in [0.25, 0.3) is 0 Å². The van der Waals surface area contributed by atoms with Crippen LogP contribution < -0.4 is 11.1 Å². The molecular weight excluding hydrogens is 232 g/mol. The fourth-order valence-electron chi connectivity index (χ4n) is 1.37. The average Bonchev–Trinajstić information content (AvgIpc) is 2.26. The summed E-state index contributed by atoms with van der Waals surface area (Å²) in [6.07, 6.45) is 0.573. The topological polar surface area (TPSA) is 55.1 Å². The van der Waals surface area contributed by atoms with Crippen molar-refractivity contribution < 1.29 is 4.79 Å². The molecule has 1 aromatic carbocycles. The fraction of sp³-hybridized carbons (Fsp3) is 0.385. The molecule has 0 aromatic heterocycles. The molecule has 4 heteroatoms. The molecule has 1 rings (SSSR count). The smallest absolute Gasteiger partial charge is 0.251 e. The number of benzene rings is 1. The summed E-state index contributed by atoms with van der Waals surface area (Å²) in [5.41, 5.74) is 7.15. The van der Waals surface area contributed by atoms with Crippen LogP contribution in [-0.2, 0) is 6.42 Å². The number of carbonyl (C=O) groups is 1. The molecule has 0 aliphatic heterocycles. The van der Waals surface area contributed by atoms with E-state index in [1.165, 1.54) is 0 Å². The molecule has 1 amide bonds. The lowest BCUT2D eigenvalue weighted by molar-refractivity contribution is 0.0949. The van der Waals surface area contributed by atoms with Gasteiger partial charge in [-0.3, -0.25) is 4.79 Å². The molecule has 3 N–H and O–H groups in total. The molecule has 0 saturated carbocycles. The lowest BCUT2D eigenvalue weighted by Gasteiger charge is -2.08. The lowest BCUT2D eigenvalue weighted by Crippen LogP contribution is -2.27. The average molecular weight is 250 g/mol. The number of nitrogens with one attached hydrogen (secondary N) is 1. The van der Waals surface area contributed by atoms with E-state index in [4.69, 9.17) is 18.0 Å². The molecule has 0 atom stereocenters. The standard InChI is InChI=1S/C13H18N2OS/c1-9(2)8-15-13(16)11-5-3-10(4-6-11)7-12(14)17/h3-6,9H,7-8H2,1-2H3,(H2,14,17)(H,15,16). The van der Waals surface area contributed by atoms with E-state index < -0.39 is 0 Å². The number of hydrogen-bond acceptors (Lipinski definition) is 2. The first-order chi connectivity index (χ1) is 7.99.